The van der Waals surface area contributed by atoms with E-state index in [4.69, 9.17) is 4.74 Å². The zero-order valence-electron chi connectivity index (χ0n) is 14.8. The minimum absolute atomic E-state index is 0.826. The summed E-state index contributed by atoms with van der Waals surface area (Å²) in [7, 11) is 1.67. The number of ether oxygens (including phenoxy) is 1. The summed E-state index contributed by atoms with van der Waals surface area (Å²) in [4.78, 5) is 0. The first-order valence-corrected chi connectivity index (χ1v) is 8.48. The number of hydrogen-bond acceptors (Lipinski definition) is 3. The summed E-state index contributed by atoms with van der Waals surface area (Å²) >= 11 is 0. The van der Waals surface area contributed by atoms with Crippen LogP contribution in [-0.4, -0.2) is 21.9 Å². The van der Waals surface area contributed by atoms with Gasteiger partial charge in [0.1, 0.15) is 11.6 Å². The number of methoxy groups -OCH3 is 1. The first-order valence-electron chi connectivity index (χ1n) is 8.48. The molecular weight excluding hydrogens is 322 g/mol. The van der Waals surface area contributed by atoms with Crippen LogP contribution in [0.1, 0.15) is 5.82 Å². The molecule has 0 aliphatic rings. The second-order valence-electron chi connectivity index (χ2n) is 6.05. The van der Waals surface area contributed by atoms with Gasteiger partial charge >= 0.3 is 0 Å². The number of benzene rings is 3. The molecule has 0 bridgehead atoms. The predicted octanol–water partition coefficient (Wildman–Crippen LogP) is 4.92. The second-order valence-corrected chi connectivity index (χ2v) is 6.05. The molecule has 128 valence electrons. The molecule has 0 saturated heterocycles. The van der Waals surface area contributed by atoms with Crippen LogP contribution in [0.4, 0.5) is 0 Å². The lowest BCUT2D eigenvalue weighted by atomic mass is 10.0. The van der Waals surface area contributed by atoms with Crippen molar-refractivity contribution in [2.75, 3.05) is 7.11 Å². The quantitative estimate of drug-likeness (QED) is 0.529. The van der Waals surface area contributed by atoms with Crippen molar-refractivity contribution in [1.29, 1.82) is 0 Å². The van der Waals surface area contributed by atoms with E-state index in [2.05, 4.69) is 51.2 Å². The molecule has 0 saturated carbocycles. The summed E-state index contributed by atoms with van der Waals surface area (Å²) < 4.78 is 7.30. The Morgan fingerprint density at radius 2 is 1.31 bits per heavy atom. The van der Waals surface area contributed by atoms with E-state index >= 15 is 0 Å². The maximum atomic E-state index is 5.25. The molecule has 4 heteroatoms. The van der Waals surface area contributed by atoms with Gasteiger partial charge in [-0.15, -0.1) is 10.2 Å². The number of rotatable bonds is 4. The van der Waals surface area contributed by atoms with Crippen molar-refractivity contribution in [3.63, 3.8) is 0 Å². The van der Waals surface area contributed by atoms with Crippen molar-refractivity contribution in [2.24, 2.45) is 0 Å². The van der Waals surface area contributed by atoms with Crippen molar-refractivity contribution in [3.05, 3.63) is 84.7 Å². The van der Waals surface area contributed by atoms with Crippen LogP contribution >= 0.6 is 0 Å². The molecule has 0 unspecified atom stereocenters. The second kappa shape index (κ2) is 6.84. The predicted molar refractivity (Wildman–Crippen MR) is 104 cm³/mol. The Morgan fingerprint density at radius 3 is 1.96 bits per heavy atom. The topological polar surface area (TPSA) is 39.9 Å². The highest BCUT2D eigenvalue weighted by atomic mass is 16.5. The molecule has 0 fully saturated rings. The van der Waals surface area contributed by atoms with Crippen LogP contribution in [0.5, 0.6) is 5.75 Å². The lowest BCUT2D eigenvalue weighted by molar-refractivity contribution is 0.414. The Bertz CT molecular complexity index is 1000. The van der Waals surface area contributed by atoms with E-state index in [1.165, 1.54) is 11.1 Å². The van der Waals surface area contributed by atoms with E-state index in [-0.39, 0.29) is 0 Å². The van der Waals surface area contributed by atoms with Gasteiger partial charge in [0, 0.05) is 11.3 Å². The normalized spacial score (nSPS) is 10.7. The highest BCUT2D eigenvalue weighted by molar-refractivity contribution is 5.68. The van der Waals surface area contributed by atoms with Crippen LogP contribution in [0.3, 0.4) is 0 Å². The van der Waals surface area contributed by atoms with E-state index in [9.17, 15) is 0 Å². The number of nitrogens with zero attached hydrogens (tertiary/aromatic N) is 3. The van der Waals surface area contributed by atoms with E-state index < -0.39 is 0 Å². The maximum Gasteiger partial charge on any atom is 0.168 e. The first-order chi connectivity index (χ1) is 12.8. The van der Waals surface area contributed by atoms with Crippen LogP contribution in [0, 0.1) is 6.92 Å². The summed E-state index contributed by atoms with van der Waals surface area (Å²) in [5.41, 5.74) is 4.42. The third kappa shape index (κ3) is 2.97. The van der Waals surface area contributed by atoms with E-state index in [0.717, 1.165) is 28.6 Å². The van der Waals surface area contributed by atoms with Crippen LogP contribution in [0.25, 0.3) is 28.2 Å². The molecule has 4 rings (SSSR count). The minimum Gasteiger partial charge on any atom is -0.497 e. The van der Waals surface area contributed by atoms with Crippen molar-refractivity contribution in [1.82, 2.24) is 14.8 Å². The van der Waals surface area contributed by atoms with Crippen molar-refractivity contribution in [3.8, 4) is 34.0 Å². The molecule has 4 nitrogen and oxygen atoms in total. The van der Waals surface area contributed by atoms with Crippen molar-refractivity contribution < 1.29 is 4.74 Å². The zero-order valence-corrected chi connectivity index (χ0v) is 14.8. The fourth-order valence-electron chi connectivity index (χ4n) is 3.03. The Morgan fingerprint density at radius 1 is 0.692 bits per heavy atom. The molecule has 0 amide bonds. The van der Waals surface area contributed by atoms with Crippen molar-refractivity contribution >= 4 is 0 Å². The molecule has 4 aromatic rings. The van der Waals surface area contributed by atoms with Gasteiger partial charge in [-0.3, -0.25) is 4.57 Å². The number of aryl methyl sites for hydroxylation is 1. The molecule has 0 spiro atoms. The fourth-order valence-corrected chi connectivity index (χ4v) is 3.03. The smallest absolute Gasteiger partial charge is 0.168 e. The summed E-state index contributed by atoms with van der Waals surface area (Å²) in [6, 6.07) is 26.7. The molecule has 26 heavy (non-hydrogen) atoms. The van der Waals surface area contributed by atoms with Gasteiger partial charge < -0.3 is 4.74 Å². The average Bonchev–Trinajstić information content (AvgIpc) is 3.10. The maximum absolute atomic E-state index is 5.25. The zero-order chi connectivity index (χ0) is 17.9. The van der Waals surface area contributed by atoms with Gasteiger partial charge in [0.15, 0.2) is 5.82 Å². The highest BCUT2D eigenvalue weighted by Crippen LogP contribution is 2.27. The van der Waals surface area contributed by atoms with Gasteiger partial charge in [-0.05, 0) is 42.3 Å². The summed E-state index contributed by atoms with van der Waals surface area (Å²) in [6.07, 6.45) is 0. The molecule has 1 aromatic heterocycles. The Balaban J connectivity index is 1.72. The van der Waals surface area contributed by atoms with Crippen LogP contribution < -0.4 is 4.74 Å². The number of hydrogen-bond donors (Lipinski definition) is 0. The average molecular weight is 341 g/mol. The molecule has 0 aliphatic heterocycles. The molecule has 0 radical (unpaired) electrons. The highest BCUT2D eigenvalue weighted by Gasteiger charge is 2.13. The molecule has 0 aliphatic carbocycles. The Kier molecular flexibility index (Phi) is 4.23. The lowest BCUT2D eigenvalue weighted by Crippen LogP contribution is -2.00. The molecule has 0 atom stereocenters. The molecule has 1 heterocycles. The van der Waals surface area contributed by atoms with Crippen LogP contribution in [0.2, 0.25) is 0 Å². The van der Waals surface area contributed by atoms with E-state index in [0.29, 0.717) is 0 Å². The largest absolute Gasteiger partial charge is 0.497 e. The standard InChI is InChI=1S/C22H19N3O/c1-16-23-24-22(25(16)20-12-14-21(26-2)15-13-20)19-10-8-18(9-11-19)17-6-4-3-5-7-17/h3-15H,1-2H3. The number of aromatic nitrogens is 3. The van der Waals surface area contributed by atoms with Gasteiger partial charge in [0.25, 0.3) is 0 Å². The third-order valence-electron chi connectivity index (χ3n) is 4.41. The Hall–Kier alpha value is -3.40. The summed E-state index contributed by atoms with van der Waals surface area (Å²) in [6.45, 7) is 1.96. The van der Waals surface area contributed by atoms with Gasteiger partial charge in [0.2, 0.25) is 0 Å². The van der Waals surface area contributed by atoms with Gasteiger partial charge in [0.05, 0.1) is 7.11 Å². The SMILES string of the molecule is COc1ccc(-n2c(C)nnc2-c2ccc(-c3ccccc3)cc2)cc1. The van der Waals surface area contributed by atoms with E-state index in [1.807, 2.05) is 49.4 Å². The fraction of sp³-hybridized carbons (Fsp3) is 0.0909. The minimum atomic E-state index is 0.826. The first kappa shape index (κ1) is 16.1. The van der Waals surface area contributed by atoms with Gasteiger partial charge in [-0.1, -0.05) is 54.6 Å². The van der Waals surface area contributed by atoms with E-state index in [1.54, 1.807) is 7.11 Å². The van der Waals surface area contributed by atoms with Gasteiger partial charge in [-0.25, -0.2) is 0 Å². The Labute approximate surface area is 152 Å². The summed E-state index contributed by atoms with van der Waals surface area (Å²) in [5.74, 6) is 2.50. The molecule has 3 aromatic carbocycles. The monoisotopic (exact) mass is 341 g/mol. The molecule has 0 N–H and O–H groups in total. The molecular formula is C22H19N3O. The van der Waals surface area contributed by atoms with Crippen molar-refractivity contribution in [2.45, 2.75) is 6.92 Å². The van der Waals surface area contributed by atoms with Crippen LogP contribution in [-0.2, 0) is 0 Å². The van der Waals surface area contributed by atoms with Crippen LogP contribution in [0.15, 0.2) is 78.9 Å². The third-order valence-corrected chi connectivity index (χ3v) is 4.41. The summed E-state index contributed by atoms with van der Waals surface area (Å²) in [5, 5.41) is 8.66. The van der Waals surface area contributed by atoms with Gasteiger partial charge in [-0.2, -0.15) is 0 Å². The lowest BCUT2D eigenvalue weighted by Gasteiger charge is -2.10.